The number of aliphatic hydroxyl groups is 12. The summed E-state index contributed by atoms with van der Waals surface area (Å²) in [4.78, 5) is 107. The van der Waals surface area contributed by atoms with Crippen LogP contribution in [0.1, 0.15) is 87.5 Å². The standard InChI is InChI=1S/C30H42O31.2C5H10O2.2C4H8O2.C3H6O2.2Ca.3Mg/c31-1-2(32)16(21(42)43)58-27(8(1)38)55-13-4(34)10(40)29(60-18(13)23(46)47)57-15-6(36)11(41)30(61-20(15)25(50)51)56-14-5(35)9(39)28(59-19(14)24(48)49)54-12-3(33)7(37)26(52)53-17(12)22(44)45;2*1-4(2)3-5(6)7;1-3(2)4(5)6;1-2-3-4(5)6;1-2-3(4)5;;;;;/h1-20,26-41,52H,(H,42,43)(H,44,45)(H,46,47)(H,48,49)(H,50,51);2*4H,3H2,1-2H3,(H,6,7);3H,1-2H3,(H,5,6);2-3H2,1H3,(H,5,6);2H2,1H3,(H,4,5);;;;;/q;;;;;;5*+2/p-10/t1-,2-,3+,4+,5+,6+,7+,8+,9+,10+,11+,12-,13-,14-,15-,16-,17-,18-,19-,20-,26-,27-,28-,29-,30-;;;;;;;;;;/m0........../s1. The molecule has 0 aromatic heterocycles. The number of carbonyl (C=O) groups excluding carboxylic acids is 10. The van der Waals surface area contributed by atoms with Crippen molar-refractivity contribution in [2.24, 2.45) is 17.8 Å². The van der Waals surface area contributed by atoms with E-state index in [0.29, 0.717) is 6.42 Å². The molecule has 0 bridgehead atoms. The molecule has 0 unspecified atom stereocenters. The van der Waals surface area contributed by atoms with Gasteiger partial charge in [-0.05, 0) is 43.4 Å². The van der Waals surface area contributed by atoms with Gasteiger partial charge in [0.1, 0.15) is 122 Å². The van der Waals surface area contributed by atoms with Crippen LogP contribution >= 0.6 is 0 Å². The smallest absolute Gasteiger partial charge is 0.550 e. The van der Waals surface area contributed by atoms with Gasteiger partial charge < -0.3 is 203 Å². The van der Waals surface area contributed by atoms with Crippen molar-refractivity contribution >= 4 is 204 Å². The summed E-state index contributed by atoms with van der Waals surface area (Å²) in [5.74, 6) is -16.1. The topological polar surface area (TPSA) is 727 Å². The molecule has 5 aliphatic heterocycles. The fraction of sp³-hybridized carbons (Fsp3) is 0.804. The quantitative estimate of drug-likeness (QED) is 0.0475. The number of hydrogen-bond donors (Lipinski definition) is 12. The van der Waals surface area contributed by atoms with Gasteiger partial charge in [-0.3, -0.25) is 0 Å². The maximum absolute atomic E-state index is 12.2. The minimum atomic E-state index is -2.72. The second kappa shape index (κ2) is 51.8. The van der Waals surface area contributed by atoms with Crippen molar-refractivity contribution < 1.29 is 203 Å². The summed E-state index contributed by atoms with van der Waals surface area (Å²) >= 11 is 0. The van der Waals surface area contributed by atoms with E-state index >= 15 is 0 Å². The Morgan fingerprint density at radius 3 is 0.742 bits per heavy atom. The van der Waals surface area contributed by atoms with E-state index in [0.717, 1.165) is 0 Å². The van der Waals surface area contributed by atoms with Crippen LogP contribution in [-0.4, -0.2) is 419 Å². The van der Waals surface area contributed by atoms with E-state index in [1.165, 1.54) is 6.92 Å². The second-order valence-corrected chi connectivity index (χ2v) is 21.3. The molecule has 5 aliphatic rings. The summed E-state index contributed by atoms with van der Waals surface area (Å²) in [6.45, 7) is 13.9. The number of aliphatic carboxylic acids is 10. The number of carbonyl (C=O) groups is 10. The molecule has 12 N–H and O–H groups in total. The van der Waals surface area contributed by atoms with Crippen molar-refractivity contribution in [2.75, 3.05) is 0 Å². The Bertz CT molecular complexity index is 2370. The first-order valence-corrected chi connectivity index (χ1v) is 27.4. The van der Waals surface area contributed by atoms with Crippen molar-refractivity contribution in [1.82, 2.24) is 0 Å². The van der Waals surface area contributed by atoms with Crippen LogP contribution in [0.5, 0.6) is 0 Å². The van der Waals surface area contributed by atoms with Crippen LogP contribution < -0.4 is 51.1 Å². The maximum Gasteiger partial charge on any atom is 2.00 e. The van der Waals surface area contributed by atoms with E-state index in [1.807, 2.05) is 27.7 Å². The number of carboxylic acid groups (broad SMARTS) is 10. The van der Waals surface area contributed by atoms with E-state index < -0.39 is 213 Å². The number of hydrogen-bond acceptors (Lipinski definition) is 41. The molecule has 5 rings (SSSR count). The minimum Gasteiger partial charge on any atom is -0.550 e. The summed E-state index contributed by atoms with van der Waals surface area (Å²) in [6.07, 6.45) is -60.7. The summed E-state index contributed by atoms with van der Waals surface area (Å²) < 4.78 is 45.1. The first kappa shape index (κ1) is 107. The van der Waals surface area contributed by atoms with Gasteiger partial charge in [0.05, 0.1) is 29.8 Å². The van der Waals surface area contributed by atoms with Crippen molar-refractivity contribution in [3.8, 4) is 0 Å². The number of rotatable bonds is 21. The Kier molecular flexibility index (Phi) is 56.9. The van der Waals surface area contributed by atoms with Gasteiger partial charge in [-0.15, -0.1) is 0 Å². The van der Waals surface area contributed by atoms with E-state index in [1.54, 1.807) is 20.8 Å². The Morgan fingerprint density at radius 2 is 0.567 bits per heavy atom. The van der Waals surface area contributed by atoms with Gasteiger partial charge in [0.25, 0.3) is 0 Å². The van der Waals surface area contributed by atoms with Crippen LogP contribution in [0.15, 0.2) is 0 Å². The fourth-order valence-corrected chi connectivity index (χ4v) is 7.71. The normalized spacial score (nSPS) is 33.9. The van der Waals surface area contributed by atoms with Crippen LogP contribution in [-0.2, 0) is 90.6 Å². The molecule has 5 heterocycles. The minimum absolute atomic E-state index is 0. The maximum atomic E-state index is 12.2. The predicted molar refractivity (Wildman–Crippen MR) is 289 cm³/mol. The molecular weight excluding hydrogens is 1420 g/mol. The van der Waals surface area contributed by atoms with Crippen LogP contribution in [0.2, 0.25) is 0 Å². The molecule has 46 heteroatoms. The van der Waals surface area contributed by atoms with Gasteiger partial charge in [0, 0.05) is 29.8 Å². The van der Waals surface area contributed by atoms with Crippen LogP contribution in [0.4, 0.5) is 0 Å². The molecule has 41 nitrogen and oxygen atoms in total. The van der Waals surface area contributed by atoms with E-state index in [9.17, 15) is 160 Å². The SMILES string of the molecule is CC(C)C(=O)[O-].CC(C)CC(=O)[O-].CC(C)CC(=O)[O-].CCC(=O)[O-].CCCC(=O)[O-].O=C([O-])[C@H]1O[C@H](O[C@H]2[C@H](O)[C@@H](O)[C@@H](O[C@H]3[C@H](O)[C@@H](O)[C@@H](O[C@H]4[C@H](O)[C@@H](O)[C@@H](O[C@H]5[C@H](O)[C@@H](O)[C@@H](O)O[C@@H]5C(=O)[O-])O[C@@H]4C(=O)[O-])O[C@@H]3C(=O)[O-])O[C@@H]2C(=O)[O-])[C@H](O)[C@@H](O)[C@@H]1O.[Ca+2].[Ca+2].[Mg+2].[Mg+2].[Mg+2]. The number of aliphatic hydroxyl groups excluding tert-OH is 12. The second-order valence-electron chi connectivity index (χ2n) is 21.3. The van der Waals surface area contributed by atoms with E-state index in [-0.39, 0.29) is 188 Å². The average Bonchev–Trinajstić information content (AvgIpc) is 0.811. The van der Waals surface area contributed by atoms with Crippen molar-refractivity contribution in [1.29, 1.82) is 0 Å². The van der Waals surface area contributed by atoms with Crippen LogP contribution in [0.25, 0.3) is 0 Å². The first-order valence-electron chi connectivity index (χ1n) is 27.4. The van der Waals surface area contributed by atoms with Gasteiger partial charge >= 0.3 is 145 Å². The summed E-state index contributed by atoms with van der Waals surface area (Å²) in [6, 6.07) is 0. The Labute approximate surface area is 659 Å². The first-order chi connectivity index (χ1) is 42.3. The van der Waals surface area contributed by atoms with Crippen molar-refractivity contribution in [3.05, 3.63) is 0 Å². The molecule has 0 amide bonds. The van der Waals surface area contributed by atoms with Crippen molar-refractivity contribution in [2.45, 2.75) is 241 Å². The fourth-order valence-electron chi connectivity index (χ4n) is 7.71. The third-order valence-electron chi connectivity index (χ3n) is 12.5. The third kappa shape index (κ3) is 35.3. The Hall–Kier alpha value is -1.32. The molecule has 534 valence electrons. The molecule has 0 radical (unpaired) electrons. The third-order valence-corrected chi connectivity index (χ3v) is 12.5. The zero-order valence-electron chi connectivity index (χ0n) is 53.4. The van der Waals surface area contributed by atoms with E-state index in [2.05, 4.69) is 4.74 Å². The molecule has 97 heavy (non-hydrogen) atoms. The molecule has 0 aliphatic carbocycles. The van der Waals surface area contributed by atoms with Gasteiger partial charge in [-0.25, -0.2) is 0 Å². The zero-order valence-corrected chi connectivity index (χ0v) is 62.1. The predicted octanol–water partition coefficient (Wildman–Crippen LogP) is -22.4. The molecule has 0 aromatic carbocycles. The molecule has 0 spiro atoms. The molecule has 5 fully saturated rings. The molecule has 5 saturated heterocycles. The number of carboxylic acids is 10. The summed E-state index contributed by atoms with van der Waals surface area (Å²) in [5.41, 5.74) is 0. The molecule has 0 saturated carbocycles. The number of ether oxygens (including phenoxy) is 9. The molecule has 0 aromatic rings. The monoisotopic (exact) mass is 1490 g/mol. The Balaban J connectivity index is -0.000000476. The van der Waals surface area contributed by atoms with Crippen LogP contribution in [0.3, 0.4) is 0 Å². The summed E-state index contributed by atoms with van der Waals surface area (Å²) in [7, 11) is 0. The Morgan fingerprint density at radius 1 is 0.340 bits per heavy atom. The van der Waals surface area contributed by atoms with E-state index in [4.69, 9.17) is 37.9 Å². The zero-order chi connectivity index (χ0) is 71.8. The van der Waals surface area contributed by atoms with Gasteiger partial charge in [0.15, 0.2) is 31.5 Å². The van der Waals surface area contributed by atoms with Gasteiger partial charge in [0.2, 0.25) is 0 Å². The molecular formula is C51H74Ca2Mg3O41. The van der Waals surface area contributed by atoms with Gasteiger partial charge in [-0.2, -0.15) is 0 Å². The van der Waals surface area contributed by atoms with Crippen LogP contribution in [0, 0.1) is 17.8 Å². The largest absolute Gasteiger partial charge is 2.00 e. The molecule has 25 atom stereocenters. The van der Waals surface area contributed by atoms with Gasteiger partial charge in [-0.1, -0.05) is 61.8 Å². The average molecular weight is 1500 g/mol. The summed E-state index contributed by atoms with van der Waals surface area (Å²) in [5, 5.41) is 232. The van der Waals surface area contributed by atoms with Crippen molar-refractivity contribution in [3.63, 3.8) is 0 Å².